The first-order valence-corrected chi connectivity index (χ1v) is 7.64. The van der Waals surface area contributed by atoms with Crippen molar-refractivity contribution >= 4 is 34.1 Å². The maximum absolute atomic E-state index is 5.99. The van der Waals surface area contributed by atoms with E-state index >= 15 is 0 Å². The highest BCUT2D eigenvalue weighted by Gasteiger charge is 2.11. The summed E-state index contributed by atoms with van der Waals surface area (Å²) in [6, 6.07) is 4.21. The van der Waals surface area contributed by atoms with Crippen LogP contribution in [0.2, 0.25) is 0 Å². The lowest BCUT2D eigenvalue weighted by Gasteiger charge is -2.06. The second kappa shape index (κ2) is 5.31. The number of hydrogen-bond acceptors (Lipinski definition) is 3. The molecule has 0 fully saturated rings. The Morgan fingerprint density at radius 3 is 3.05 bits per heavy atom. The van der Waals surface area contributed by atoms with Crippen molar-refractivity contribution in [2.24, 2.45) is 0 Å². The van der Waals surface area contributed by atoms with Gasteiger partial charge < -0.3 is 4.57 Å². The van der Waals surface area contributed by atoms with Crippen molar-refractivity contribution in [3.05, 3.63) is 46.0 Å². The van der Waals surface area contributed by atoms with Gasteiger partial charge >= 0.3 is 0 Å². The summed E-state index contributed by atoms with van der Waals surface area (Å²) in [5.74, 6) is 1.31. The lowest BCUT2D eigenvalue weighted by Crippen LogP contribution is -2.05. The normalized spacial score (nSPS) is 11.3. The summed E-state index contributed by atoms with van der Waals surface area (Å²) in [6.07, 6.45) is 2.86. The van der Waals surface area contributed by atoms with E-state index in [1.807, 2.05) is 13.1 Å². The number of fused-ring (bicyclic) bond motifs is 1. The maximum atomic E-state index is 5.99. The van der Waals surface area contributed by atoms with Gasteiger partial charge in [0.15, 0.2) is 5.65 Å². The van der Waals surface area contributed by atoms with Crippen LogP contribution in [-0.2, 0) is 18.8 Å². The third-order valence-corrected chi connectivity index (χ3v) is 4.10. The number of halogens is 1. The summed E-state index contributed by atoms with van der Waals surface area (Å²) in [5.41, 5.74) is 4.33. The van der Waals surface area contributed by atoms with Crippen molar-refractivity contribution in [2.75, 3.05) is 0 Å². The van der Waals surface area contributed by atoms with E-state index in [2.05, 4.69) is 37.4 Å². The Morgan fingerprint density at radius 1 is 1.42 bits per heavy atom. The van der Waals surface area contributed by atoms with Gasteiger partial charge in [-0.1, -0.05) is 0 Å². The zero-order chi connectivity index (χ0) is 13.2. The lowest BCUT2D eigenvalue weighted by atomic mass is 10.2. The van der Waals surface area contributed by atoms with E-state index in [-0.39, 0.29) is 0 Å². The van der Waals surface area contributed by atoms with Crippen LogP contribution in [0.15, 0.2) is 29.1 Å². The van der Waals surface area contributed by atoms with Crippen LogP contribution in [0, 0.1) is 6.92 Å². The Labute approximate surface area is 120 Å². The first-order valence-electron chi connectivity index (χ1n) is 6.16. The molecule has 0 bridgehead atoms. The Kier molecular flexibility index (Phi) is 3.53. The second-order valence-corrected chi connectivity index (χ2v) is 5.60. The molecule has 3 rings (SSSR count). The van der Waals surface area contributed by atoms with Crippen LogP contribution >= 0.6 is 22.9 Å². The molecule has 0 aliphatic rings. The second-order valence-electron chi connectivity index (χ2n) is 4.55. The third-order valence-electron chi connectivity index (χ3n) is 3.12. The number of alkyl halides is 1. The van der Waals surface area contributed by atoms with Gasteiger partial charge in [0, 0.05) is 12.7 Å². The standard InChI is InChI=1S/C14H14ClN3S/c1-10-6-12-14(16-8-10)18(13(7-15)17-12)4-2-11-3-5-19-9-11/h3,5-6,8-9H,2,4,7H2,1H3. The molecule has 3 aromatic rings. The number of aromatic nitrogens is 3. The topological polar surface area (TPSA) is 30.7 Å². The minimum Gasteiger partial charge on any atom is -0.311 e. The largest absolute Gasteiger partial charge is 0.311 e. The number of rotatable bonds is 4. The summed E-state index contributed by atoms with van der Waals surface area (Å²) in [5, 5.41) is 4.28. The van der Waals surface area contributed by atoms with Gasteiger partial charge in [-0.3, -0.25) is 0 Å². The number of pyridine rings is 1. The molecule has 0 saturated heterocycles. The minimum absolute atomic E-state index is 0.416. The molecule has 3 aromatic heterocycles. The fourth-order valence-corrected chi connectivity index (χ4v) is 3.08. The van der Waals surface area contributed by atoms with E-state index in [4.69, 9.17) is 11.6 Å². The molecule has 0 spiro atoms. The average molecular weight is 292 g/mol. The van der Waals surface area contributed by atoms with Crippen molar-refractivity contribution < 1.29 is 0 Å². The third kappa shape index (κ3) is 2.51. The van der Waals surface area contributed by atoms with Crippen molar-refractivity contribution in [3.8, 4) is 0 Å². The van der Waals surface area contributed by atoms with Gasteiger partial charge in [0.05, 0.1) is 5.88 Å². The van der Waals surface area contributed by atoms with Gasteiger partial charge in [0.25, 0.3) is 0 Å². The number of imidazole rings is 1. The fourth-order valence-electron chi connectivity index (χ4n) is 2.17. The van der Waals surface area contributed by atoms with Crippen LogP contribution in [0.1, 0.15) is 17.0 Å². The van der Waals surface area contributed by atoms with Gasteiger partial charge in [-0.05, 0) is 47.4 Å². The first-order chi connectivity index (χ1) is 9.28. The predicted octanol–water partition coefficient (Wildman–Crippen LogP) is 3.78. The summed E-state index contributed by atoms with van der Waals surface area (Å²) in [4.78, 5) is 9.06. The van der Waals surface area contributed by atoms with Gasteiger partial charge in [-0.25, -0.2) is 9.97 Å². The average Bonchev–Trinajstić information content (AvgIpc) is 3.02. The van der Waals surface area contributed by atoms with Crippen molar-refractivity contribution in [3.63, 3.8) is 0 Å². The summed E-state index contributed by atoms with van der Waals surface area (Å²) >= 11 is 7.72. The first kappa shape index (κ1) is 12.6. The van der Waals surface area contributed by atoms with Gasteiger partial charge in [0.2, 0.25) is 0 Å². The molecule has 19 heavy (non-hydrogen) atoms. The molecule has 0 aromatic carbocycles. The molecule has 0 unspecified atom stereocenters. The highest BCUT2D eigenvalue weighted by Crippen LogP contribution is 2.18. The van der Waals surface area contributed by atoms with E-state index < -0.39 is 0 Å². The molecule has 0 aliphatic heterocycles. The molecule has 0 saturated carbocycles. The predicted molar refractivity (Wildman–Crippen MR) is 79.8 cm³/mol. The van der Waals surface area contributed by atoms with Gasteiger partial charge in [-0.2, -0.15) is 11.3 Å². The summed E-state index contributed by atoms with van der Waals surface area (Å²) in [7, 11) is 0. The van der Waals surface area contributed by atoms with Crippen molar-refractivity contribution in [1.29, 1.82) is 0 Å². The van der Waals surface area contributed by atoms with E-state index in [1.54, 1.807) is 11.3 Å². The molecule has 98 valence electrons. The highest BCUT2D eigenvalue weighted by atomic mass is 35.5. The van der Waals surface area contributed by atoms with Crippen LogP contribution in [0.3, 0.4) is 0 Å². The zero-order valence-corrected chi connectivity index (χ0v) is 12.2. The number of aryl methyl sites for hydroxylation is 3. The molecular formula is C14H14ClN3S. The van der Waals surface area contributed by atoms with Crippen LogP contribution < -0.4 is 0 Å². The van der Waals surface area contributed by atoms with Crippen molar-refractivity contribution in [1.82, 2.24) is 14.5 Å². The Balaban J connectivity index is 1.96. The highest BCUT2D eigenvalue weighted by molar-refractivity contribution is 7.07. The molecule has 3 nitrogen and oxygen atoms in total. The Morgan fingerprint density at radius 2 is 2.32 bits per heavy atom. The number of nitrogens with zero attached hydrogens (tertiary/aromatic N) is 3. The van der Waals surface area contributed by atoms with E-state index in [0.29, 0.717) is 5.88 Å². The van der Waals surface area contributed by atoms with Crippen LogP contribution in [0.25, 0.3) is 11.2 Å². The van der Waals surface area contributed by atoms with E-state index in [1.165, 1.54) is 5.56 Å². The molecule has 0 amide bonds. The number of thiophene rings is 1. The minimum atomic E-state index is 0.416. The Bertz CT molecular complexity index is 688. The molecule has 0 atom stereocenters. The quantitative estimate of drug-likeness (QED) is 0.685. The maximum Gasteiger partial charge on any atom is 0.160 e. The van der Waals surface area contributed by atoms with E-state index in [0.717, 1.165) is 35.5 Å². The monoisotopic (exact) mass is 291 g/mol. The molecule has 0 aliphatic carbocycles. The van der Waals surface area contributed by atoms with Crippen LogP contribution in [0.4, 0.5) is 0 Å². The number of hydrogen-bond donors (Lipinski definition) is 0. The van der Waals surface area contributed by atoms with E-state index in [9.17, 15) is 0 Å². The molecule has 0 N–H and O–H groups in total. The lowest BCUT2D eigenvalue weighted by molar-refractivity contribution is 0.683. The fraction of sp³-hybridized carbons (Fsp3) is 0.286. The SMILES string of the molecule is Cc1cnc2c(c1)nc(CCl)n2CCc1ccsc1. The molecule has 3 heterocycles. The molecular weight excluding hydrogens is 278 g/mol. The smallest absolute Gasteiger partial charge is 0.160 e. The zero-order valence-electron chi connectivity index (χ0n) is 10.6. The Hall–Kier alpha value is -1.39. The van der Waals surface area contributed by atoms with Crippen LogP contribution in [-0.4, -0.2) is 14.5 Å². The van der Waals surface area contributed by atoms with Gasteiger partial charge in [0.1, 0.15) is 11.3 Å². The van der Waals surface area contributed by atoms with Crippen LogP contribution in [0.5, 0.6) is 0 Å². The summed E-state index contributed by atoms with van der Waals surface area (Å²) < 4.78 is 2.12. The van der Waals surface area contributed by atoms with Gasteiger partial charge in [-0.15, -0.1) is 11.6 Å². The molecule has 5 heteroatoms. The van der Waals surface area contributed by atoms with Crippen molar-refractivity contribution in [2.45, 2.75) is 25.8 Å². The summed E-state index contributed by atoms with van der Waals surface area (Å²) in [6.45, 7) is 2.89. The molecule has 0 radical (unpaired) electrons.